The number of nitrogens with zero attached hydrogens (tertiary/aromatic N) is 2. The van der Waals surface area contributed by atoms with Crippen molar-refractivity contribution in [2.24, 2.45) is 7.05 Å². The van der Waals surface area contributed by atoms with Crippen molar-refractivity contribution in [1.29, 1.82) is 0 Å². The second-order valence-corrected chi connectivity index (χ2v) is 3.06. The third-order valence-corrected chi connectivity index (χ3v) is 1.93. The molecule has 0 N–H and O–H groups in total. The van der Waals surface area contributed by atoms with Crippen molar-refractivity contribution >= 4 is 11.9 Å². The number of aromatic nitrogens is 2. The highest BCUT2D eigenvalue weighted by atomic mass is 16.1. The molecule has 74 valence electrons. The molecule has 0 unspecified atom stereocenters. The van der Waals surface area contributed by atoms with Gasteiger partial charge in [-0.05, 0) is 12.5 Å². The molecule has 1 aromatic heterocycles. The summed E-state index contributed by atoms with van der Waals surface area (Å²) in [5.74, 6) is 0.0906. The molecule has 0 bridgehead atoms. The summed E-state index contributed by atoms with van der Waals surface area (Å²) in [4.78, 5) is 11.6. The topological polar surface area (TPSA) is 34.9 Å². The molecular weight excluding hydrogens is 176 g/mol. The monoisotopic (exact) mass is 190 g/mol. The van der Waals surface area contributed by atoms with Gasteiger partial charge in [0, 0.05) is 19.7 Å². The summed E-state index contributed by atoms with van der Waals surface area (Å²) < 4.78 is 1.62. The molecule has 1 aromatic rings. The Kier molecular flexibility index (Phi) is 3.40. The first-order valence-corrected chi connectivity index (χ1v) is 4.49. The van der Waals surface area contributed by atoms with Gasteiger partial charge in [-0.1, -0.05) is 12.7 Å². The van der Waals surface area contributed by atoms with Crippen molar-refractivity contribution < 1.29 is 4.79 Å². The van der Waals surface area contributed by atoms with Crippen molar-refractivity contribution in [2.75, 3.05) is 0 Å². The van der Waals surface area contributed by atoms with Crippen LogP contribution in [0.3, 0.4) is 0 Å². The number of ketones is 1. The van der Waals surface area contributed by atoms with E-state index in [2.05, 4.69) is 18.3 Å². The highest BCUT2D eigenvalue weighted by Gasteiger charge is 2.12. The van der Waals surface area contributed by atoms with Crippen LogP contribution in [-0.2, 0) is 7.05 Å². The molecule has 3 heteroatoms. The Bertz CT molecular complexity index is 363. The van der Waals surface area contributed by atoms with E-state index in [9.17, 15) is 4.79 Å². The highest BCUT2D eigenvalue weighted by molar-refractivity contribution is 5.98. The molecule has 3 nitrogen and oxygen atoms in total. The lowest BCUT2D eigenvalue weighted by Gasteiger charge is -1.95. The molecule has 0 amide bonds. The lowest BCUT2D eigenvalue weighted by molar-refractivity contribution is 0.0983. The van der Waals surface area contributed by atoms with Gasteiger partial charge in [-0.2, -0.15) is 5.10 Å². The average Bonchev–Trinajstić information content (AvgIpc) is 2.56. The van der Waals surface area contributed by atoms with Crippen molar-refractivity contribution in [3.05, 3.63) is 36.7 Å². The predicted molar refractivity (Wildman–Crippen MR) is 57.1 cm³/mol. The minimum absolute atomic E-state index is 0.0906. The summed E-state index contributed by atoms with van der Waals surface area (Å²) in [5, 5.41) is 4.11. The van der Waals surface area contributed by atoms with Crippen LogP contribution in [0.15, 0.2) is 25.4 Å². The maximum absolute atomic E-state index is 11.6. The zero-order chi connectivity index (χ0) is 10.6. The van der Waals surface area contributed by atoms with E-state index in [1.165, 1.54) is 0 Å². The molecule has 0 aliphatic rings. The number of allylic oxidation sites excluding steroid dienone is 1. The number of rotatable bonds is 5. The second kappa shape index (κ2) is 4.56. The van der Waals surface area contributed by atoms with Crippen LogP contribution < -0.4 is 0 Å². The predicted octanol–water partition coefficient (Wildman–Crippen LogP) is 2.21. The summed E-state index contributed by atoms with van der Waals surface area (Å²) in [6.07, 6.45) is 6.24. The van der Waals surface area contributed by atoms with Gasteiger partial charge in [0.25, 0.3) is 0 Å². The Morgan fingerprint density at radius 1 is 1.64 bits per heavy atom. The van der Waals surface area contributed by atoms with E-state index < -0.39 is 0 Å². The lowest BCUT2D eigenvalue weighted by Crippen LogP contribution is -1.98. The van der Waals surface area contributed by atoms with E-state index in [1.54, 1.807) is 30.1 Å². The van der Waals surface area contributed by atoms with Gasteiger partial charge in [-0.25, -0.2) is 0 Å². The molecule has 0 aliphatic carbocycles. The van der Waals surface area contributed by atoms with Gasteiger partial charge in [-0.3, -0.25) is 9.48 Å². The van der Waals surface area contributed by atoms with Crippen molar-refractivity contribution in [3.8, 4) is 0 Å². The Balaban J connectivity index is 2.87. The zero-order valence-corrected chi connectivity index (χ0v) is 8.36. The molecule has 0 aromatic carbocycles. The fourth-order valence-electron chi connectivity index (χ4n) is 1.24. The van der Waals surface area contributed by atoms with Crippen LogP contribution >= 0.6 is 0 Å². The van der Waals surface area contributed by atoms with Gasteiger partial charge in [0.05, 0.1) is 11.3 Å². The molecule has 0 radical (unpaired) electrons. The van der Waals surface area contributed by atoms with E-state index in [-0.39, 0.29) is 5.78 Å². The van der Waals surface area contributed by atoms with E-state index in [4.69, 9.17) is 0 Å². The minimum Gasteiger partial charge on any atom is -0.294 e. The summed E-state index contributed by atoms with van der Waals surface area (Å²) in [6, 6.07) is 0. The molecule has 0 fully saturated rings. The van der Waals surface area contributed by atoms with Gasteiger partial charge in [0.2, 0.25) is 0 Å². The summed E-state index contributed by atoms with van der Waals surface area (Å²) in [6.45, 7) is 7.20. The van der Waals surface area contributed by atoms with Gasteiger partial charge < -0.3 is 0 Å². The quantitative estimate of drug-likeness (QED) is 0.527. The Hall–Kier alpha value is -1.64. The number of aryl methyl sites for hydroxylation is 1. The molecule has 0 spiro atoms. The van der Waals surface area contributed by atoms with Crippen molar-refractivity contribution in [1.82, 2.24) is 9.78 Å². The van der Waals surface area contributed by atoms with Crippen molar-refractivity contribution in [3.63, 3.8) is 0 Å². The van der Waals surface area contributed by atoms with Crippen LogP contribution in [0.2, 0.25) is 0 Å². The molecule has 0 saturated heterocycles. The standard InChI is InChI=1S/C11H14N2O/c1-4-6-7-11(14)9-8-13(3)12-10(9)5-2/h4-5,8H,1-2,6-7H2,3H3. The van der Waals surface area contributed by atoms with Gasteiger partial charge in [0.1, 0.15) is 0 Å². The number of hydrogen-bond acceptors (Lipinski definition) is 2. The Labute approximate surface area is 83.7 Å². The summed E-state index contributed by atoms with van der Waals surface area (Å²) in [5.41, 5.74) is 1.30. The molecule has 14 heavy (non-hydrogen) atoms. The third kappa shape index (κ3) is 2.19. The fraction of sp³-hybridized carbons (Fsp3) is 0.273. The van der Waals surface area contributed by atoms with Crippen LogP contribution in [0, 0.1) is 0 Å². The van der Waals surface area contributed by atoms with E-state index in [1.807, 2.05) is 0 Å². The van der Waals surface area contributed by atoms with Crippen LogP contribution in [0.1, 0.15) is 28.9 Å². The molecule has 1 heterocycles. The fourth-order valence-corrected chi connectivity index (χ4v) is 1.24. The lowest BCUT2D eigenvalue weighted by atomic mass is 10.1. The van der Waals surface area contributed by atoms with Crippen molar-refractivity contribution in [2.45, 2.75) is 12.8 Å². The average molecular weight is 190 g/mol. The molecular formula is C11H14N2O. The largest absolute Gasteiger partial charge is 0.294 e. The van der Waals surface area contributed by atoms with Crippen LogP contribution in [-0.4, -0.2) is 15.6 Å². The zero-order valence-electron chi connectivity index (χ0n) is 8.36. The van der Waals surface area contributed by atoms with E-state index in [0.717, 1.165) is 0 Å². The number of carbonyl (C=O) groups is 1. The molecule has 1 rings (SSSR count). The maximum atomic E-state index is 11.6. The van der Waals surface area contributed by atoms with Crippen LogP contribution in [0.25, 0.3) is 6.08 Å². The van der Waals surface area contributed by atoms with Crippen LogP contribution in [0.4, 0.5) is 0 Å². The molecule has 0 atom stereocenters. The molecule has 0 saturated carbocycles. The van der Waals surface area contributed by atoms with Gasteiger partial charge >= 0.3 is 0 Å². The Morgan fingerprint density at radius 2 is 2.36 bits per heavy atom. The van der Waals surface area contributed by atoms with E-state index in [0.29, 0.717) is 24.1 Å². The number of hydrogen-bond donors (Lipinski definition) is 0. The number of Topliss-reactive ketones (excluding diaryl/α,β-unsaturated/α-hetero) is 1. The second-order valence-electron chi connectivity index (χ2n) is 3.06. The Morgan fingerprint density at radius 3 is 2.93 bits per heavy atom. The first-order chi connectivity index (χ1) is 6.69. The van der Waals surface area contributed by atoms with Crippen LogP contribution in [0.5, 0.6) is 0 Å². The highest BCUT2D eigenvalue weighted by Crippen LogP contribution is 2.11. The molecule has 0 aliphatic heterocycles. The smallest absolute Gasteiger partial charge is 0.166 e. The minimum atomic E-state index is 0.0906. The van der Waals surface area contributed by atoms with E-state index >= 15 is 0 Å². The summed E-state index contributed by atoms with van der Waals surface area (Å²) >= 11 is 0. The SMILES string of the molecule is C=CCCC(=O)c1cn(C)nc1C=C. The van der Waals surface area contributed by atoms with Gasteiger partial charge in [0.15, 0.2) is 5.78 Å². The third-order valence-electron chi connectivity index (χ3n) is 1.93. The normalized spacial score (nSPS) is 9.79. The summed E-state index contributed by atoms with van der Waals surface area (Å²) in [7, 11) is 1.79. The first-order valence-electron chi connectivity index (χ1n) is 4.49. The van der Waals surface area contributed by atoms with Gasteiger partial charge in [-0.15, -0.1) is 6.58 Å². The maximum Gasteiger partial charge on any atom is 0.166 e. The number of carbonyl (C=O) groups excluding carboxylic acids is 1. The first kappa shape index (κ1) is 10.4.